The van der Waals surface area contributed by atoms with Crippen LogP contribution in [-0.2, 0) is 4.79 Å². The van der Waals surface area contributed by atoms with Gasteiger partial charge in [-0.1, -0.05) is 38.8 Å². The zero-order valence-electron chi connectivity index (χ0n) is 15.8. The van der Waals surface area contributed by atoms with Crippen molar-refractivity contribution in [2.75, 3.05) is 38.5 Å². The molecule has 0 spiro atoms. The van der Waals surface area contributed by atoms with E-state index in [1.807, 2.05) is 36.1 Å². The molecule has 0 aromatic heterocycles. The first-order valence-electron chi connectivity index (χ1n) is 9.40. The van der Waals surface area contributed by atoms with E-state index in [9.17, 15) is 9.59 Å². The van der Waals surface area contributed by atoms with E-state index in [0.717, 1.165) is 51.9 Å². The summed E-state index contributed by atoms with van der Waals surface area (Å²) in [6.45, 7) is 7.45. The maximum Gasteiger partial charge on any atom is 0.256 e. The number of hydrogen-bond donors (Lipinski definition) is 1. The Morgan fingerprint density at radius 2 is 1.92 bits per heavy atom. The summed E-state index contributed by atoms with van der Waals surface area (Å²) in [4.78, 5) is 29.5. The minimum absolute atomic E-state index is 0.00686. The van der Waals surface area contributed by atoms with Gasteiger partial charge in [-0.3, -0.25) is 9.59 Å². The molecular weight excluding hydrogens is 314 g/mol. The molecule has 1 fully saturated rings. The molecule has 1 N–H and O–H groups in total. The van der Waals surface area contributed by atoms with Gasteiger partial charge in [-0.15, -0.1) is 0 Å². The molecule has 2 rings (SSSR count). The second-order valence-corrected chi connectivity index (χ2v) is 7.03. The number of benzene rings is 1. The van der Waals surface area contributed by atoms with E-state index in [1.165, 1.54) is 0 Å². The molecule has 1 atom stereocenters. The van der Waals surface area contributed by atoms with Crippen LogP contribution in [0.1, 0.15) is 49.9 Å². The smallest absolute Gasteiger partial charge is 0.256 e. The maximum absolute atomic E-state index is 13.0. The van der Waals surface area contributed by atoms with Gasteiger partial charge in [-0.2, -0.15) is 0 Å². The van der Waals surface area contributed by atoms with E-state index in [1.54, 1.807) is 0 Å². The fourth-order valence-electron chi connectivity index (χ4n) is 3.10. The van der Waals surface area contributed by atoms with Gasteiger partial charge in [0.1, 0.15) is 0 Å². The summed E-state index contributed by atoms with van der Waals surface area (Å²) >= 11 is 0. The molecule has 1 unspecified atom stereocenters. The highest BCUT2D eigenvalue weighted by Gasteiger charge is 2.22. The highest BCUT2D eigenvalue weighted by atomic mass is 16.2. The van der Waals surface area contributed by atoms with Crippen molar-refractivity contribution in [3.63, 3.8) is 0 Å². The Bertz CT molecular complexity index is 588. The number of para-hydroxylation sites is 1. The van der Waals surface area contributed by atoms with Crippen molar-refractivity contribution < 1.29 is 9.59 Å². The van der Waals surface area contributed by atoms with Crippen LogP contribution in [0.25, 0.3) is 0 Å². The van der Waals surface area contributed by atoms with Crippen molar-refractivity contribution in [1.82, 2.24) is 9.80 Å². The molecule has 0 saturated carbocycles. The number of carbonyl (C=O) groups excluding carboxylic acids is 2. The van der Waals surface area contributed by atoms with Crippen molar-refractivity contribution in [2.45, 2.75) is 39.5 Å². The van der Waals surface area contributed by atoms with Crippen molar-refractivity contribution in [3.05, 3.63) is 29.8 Å². The Morgan fingerprint density at radius 1 is 1.16 bits per heavy atom. The standard InChI is InChI=1S/C20H31N3O2/c1-4-5-9-16(2)19(24)21-18-11-7-6-10-17(18)20(25)23-13-8-12-22(3)14-15-23/h6-7,10-11,16H,4-5,8-9,12-15H2,1-3H3,(H,21,24). The highest BCUT2D eigenvalue weighted by molar-refractivity contribution is 6.04. The van der Waals surface area contributed by atoms with Crippen LogP contribution in [0.15, 0.2) is 24.3 Å². The molecule has 1 aromatic carbocycles. The van der Waals surface area contributed by atoms with Crippen molar-refractivity contribution >= 4 is 17.5 Å². The summed E-state index contributed by atoms with van der Waals surface area (Å²) in [5.41, 5.74) is 1.21. The third-order valence-electron chi connectivity index (χ3n) is 4.86. The van der Waals surface area contributed by atoms with Crippen molar-refractivity contribution in [2.24, 2.45) is 5.92 Å². The van der Waals surface area contributed by atoms with E-state index < -0.39 is 0 Å². The predicted molar refractivity (Wildman–Crippen MR) is 102 cm³/mol. The number of unbranched alkanes of at least 4 members (excludes halogenated alkanes) is 1. The SMILES string of the molecule is CCCCC(C)C(=O)Nc1ccccc1C(=O)N1CCCN(C)CC1. The van der Waals surface area contributed by atoms with Crippen LogP contribution in [0.2, 0.25) is 0 Å². The molecule has 1 aliphatic rings. The molecule has 1 heterocycles. The molecule has 25 heavy (non-hydrogen) atoms. The van der Waals surface area contributed by atoms with Crippen LogP contribution in [0.5, 0.6) is 0 Å². The van der Waals surface area contributed by atoms with Crippen molar-refractivity contribution in [3.8, 4) is 0 Å². The molecule has 5 heteroatoms. The predicted octanol–water partition coefficient (Wildman–Crippen LogP) is 3.23. The average molecular weight is 345 g/mol. The van der Waals surface area contributed by atoms with Crippen LogP contribution in [0.3, 0.4) is 0 Å². The molecule has 1 saturated heterocycles. The summed E-state index contributed by atoms with van der Waals surface area (Å²) in [6, 6.07) is 7.34. The van der Waals surface area contributed by atoms with E-state index in [2.05, 4.69) is 24.2 Å². The third-order valence-corrected chi connectivity index (χ3v) is 4.86. The van der Waals surface area contributed by atoms with Gasteiger partial charge in [0.2, 0.25) is 5.91 Å². The number of nitrogens with zero attached hydrogens (tertiary/aromatic N) is 2. The first-order chi connectivity index (χ1) is 12.0. The summed E-state index contributed by atoms with van der Waals surface area (Å²) < 4.78 is 0. The Labute approximate surface area is 151 Å². The lowest BCUT2D eigenvalue weighted by atomic mass is 10.0. The van der Waals surface area contributed by atoms with Gasteiger partial charge < -0.3 is 15.1 Å². The van der Waals surface area contributed by atoms with E-state index in [0.29, 0.717) is 11.3 Å². The fourth-order valence-corrected chi connectivity index (χ4v) is 3.10. The van der Waals surface area contributed by atoms with Crippen LogP contribution in [-0.4, -0.2) is 54.8 Å². The largest absolute Gasteiger partial charge is 0.337 e. The zero-order valence-corrected chi connectivity index (χ0v) is 15.8. The number of likely N-dealkylation sites (N-methyl/N-ethyl adjacent to an activating group) is 1. The molecule has 5 nitrogen and oxygen atoms in total. The summed E-state index contributed by atoms with van der Waals surface area (Å²) in [5.74, 6) is -0.0494. The lowest BCUT2D eigenvalue weighted by Gasteiger charge is -2.22. The van der Waals surface area contributed by atoms with E-state index in [-0.39, 0.29) is 17.7 Å². The number of anilines is 1. The summed E-state index contributed by atoms with van der Waals surface area (Å²) in [6.07, 6.45) is 3.97. The maximum atomic E-state index is 13.0. The monoisotopic (exact) mass is 345 g/mol. The Morgan fingerprint density at radius 3 is 2.68 bits per heavy atom. The average Bonchev–Trinajstić information content (AvgIpc) is 2.84. The third kappa shape index (κ3) is 5.56. The van der Waals surface area contributed by atoms with Crippen LogP contribution in [0.4, 0.5) is 5.69 Å². The van der Waals surface area contributed by atoms with Gasteiger partial charge >= 0.3 is 0 Å². The molecule has 0 radical (unpaired) electrons. The second-order valence-electron chi connectivity index (χ2n) is 7.03. The topological polar surface area (TPSA) is 52.7 Å². The Hall–Kier alpha value is -1.88. The number of nitrogens with one attached hydrogen (secondary N) is 1. The quantitative estimate of drug-likeness (QED) is 0.861. The molecule has 1 aliphatic heterocycles. The highest BCUT2D eigenvalue weighted by Crippen LogP contribution is 2.20. The number of hydrogen-bond acceptors (Lipinski definition) is 3. The molecule has 0 bridgehead atoms. The minimum atomic E-state index is -0.0463. The summed E-state index contributed by atoms with van der Waals surface area (Å²) in [7, 11) is 2.08. The lowest BCUT2D eigenvalue weighted by molar-refractivity contribution is -0.119. The molecule has 138 valence electrons. The zero-order chi connectivity index (χ0) is 18.2. The van der Waals surface area contributed by atoms with E-state index in [4.69, 9.17) is 0 Å². The molecule has 2 amide bonds. The lowest BCUT2D eigenvalue weighted by Crippen LogP contribution is -2.35. The van der Waals surface area contributed by atoms with Crippen LogP contribution < -0.4 is 5.32 Å². The first kappa shape index (κ1) is 19.4. The Balaban J connectivity index is 2.09. The van der Waals surface area contributed by atoms with Gasteiger partial charge in [0.05, 0.1) is 11.3 Å². The van der Waals surface area contributed by atoms with Gasteiger partial charge in [0.25, 0.3) is 5.91 Å². The number of rotatable bonds is 6. The summed E-state index contributed by atoms with van der Waals surface area (Å²) in [5, 5.41) is 2.97. The first-order valence-corrected chi connectivity index (χ1v) is 9.40. The van der Waals surface area contributed by atoms with Crippen LogP contribution in [0, 0.1) is 5.92 Å². The van der Waals surface area contributed by atoms with Gasteiger partial charge in [0.15, 0.2) is 0 Å². The van der Waals surface area contributed by atoms with E-state index >= 15 is 0 Å². The van der Waals surface area contributed by atoms with Crippen LogP contribution >= 0.6 is 0 Å². The molecule has 1 aromatic rings. The molecule has 0 aliphatic carbocycles. The van der Waals surface area contributed by atoms with Crippen molar-refractivity contribution in [1.29, 1.82) is 0 Å². The number of amides is 2. The fraction of sp³-hybridized carbons (Fsp3) is 0.600. The Kier molecular flexibility index (Phi) is 7.44. The normalized spacial score (nSPS) is 17.0. The number of carbonyl (C=O) groups is 2. The second kappa shape index (κ2) is 9.56. The van der Waals surface area contributed by atoms with Gasteiger partial charge in [-0.25, -0.2) is 0 Å². The van der Waals surface area contributed by atoms with Gasteiger partial charge in [0, 0.05) is 25.6 Å². The minimum Gasteiger partial charge on any atom is -0.337 e. The molecular formula is C20H31N3O2. The van der Waals surface area contributed by atoms with Gasteiger partial charge in [-0.05, 0) is 38.6 Å².